The molecule has 0 saturated heterocycles. The number of allylic oxidation sites excluding steroid dienone is 2. The highest BCUT2D eigenvalue weighted by molar-refractivity contribution is 9.09. The van der Waals surface area contributed by atoms with E-state index in [2.05, 4.69) is 15.9 Å². The normalized spacial score (nSPS) is 12.9. The Morgan fingerprint density at radius 3 is 2.11 bits per heavy atom. The average Bonchev–Trinajstić information content (AvgIpc) is 1.63. The summed E-state index contributed by atoms with van der Waals surface area (Å²) in [5.41, 5.74) is 0. The van der Waals surface area contributed by atoms with Gasteiger partial charge < -0.3 is 0 Å². The van der Waals surface area contributed by atoms with E-state index in [0.29, 0.717) is 6.42 Å². The molecule has 0 N–H and O–H groups in total. The molecule has 0 radical (unpaired) electrons. The molecule has 0 amide bonds. The lowest BCUT2D eigenvalue weighted by molar-refractivity contribution is 1.07. The standard InChI is InChI=1S/C5H6BrCl3/c6-4-2-1-3-5(7,8)9/h1-2H,3-4H2. The van der Waals surface area contributed by atoms with Crippen molar-refractivity contribution < 1.29 is 0 Å². The highest BCUT2D eigenvalue weighted by Gasteiger charge is 2.16. The summed E-state index contributed by atoms with van der Waals surface area (Å²) in [5.74, 6) is 0. The van der Waals surface area contributed by atoms with E-state index < -0.39 is 3.79 Å². The molecule has 9 heavy (non-hydrogen) atoms. The van der Waals surface area contributed by atoms with Crippen LogP contribution in [-0.4, -0.2) is 9.12 Å². The number of hydrogen-bond acceptors (Lipinski definition) is 0. The predicted octanol–water partition coefficient (Wildman–Crippen LogP) is 3.70. The minimum absolute atomic E-state index is 0.462. The zero-order valence-electron chi connectivity index (χ0n) is 4.58. The van der Waals surface area contributed by atoms with Gasteiger partial charge in [0.2, 0.25) is 0 Å². The molecule has 4 heteroatoms. The fourth-order valence-electron chi connectivity index (χ4n) is 0.280. The molecule has 0 fully saturated rings. The number of rotatable bonds is 2. The van der Waals surface area contributed by atoms with Gasteiger partial charge in [0.25, 0.3) is 0 Å². The van der Waals surface area contributed by atoms with Crippen LogP contribution in [-0.2, 0) is 0 Å². The highest BCUT2D eigenvalue weighted by atomic mass is 79.9. The third-order valence-corrected chi connectivity index (χ3v) is 1.44. The van der Waals surface area contributed by atoms with E-state index in [-0.39, 0.29) is 0 Å². The Morgan fingerprint density at radius 1 is 1.22 bits per heavy atom. The number of hydrogen-bond donors (Lipinski definition) is 0. The molecule has 0 spiro atoms. The Balaban J connectivity index is 3.38. The smallest absolute Gasteiger partial charge is 0.0883 e. The fourth-order valence-corrected chi connectivity index (χ4v) is 0.812. The van der Waals surface area contributed by atoms with Crippen LogP contribution in [0.5, 0.6) is 0 Å². The van der Waals surface area contributed by atoms with Gasteiger partial charge in [0.1, 0.15) is 0 Å². The van der Waals surface area contributed by atoms with E-state index >= 15 is 0 Å². The first-order valence-electron chi connectivity index (χ1n) is 2.34. The van der Waals surface area contributed by atoms with Crippen LogP contribution in [0.25, 0.3) is 0 Å². The summed E-state index contributed by atoms with van der Waals surface area (Å²) in [6.07, 6.45) is 4.17. The molecule has 0 aromatic carbocycles. The molecule has 0 aliphatic rings. The van der Waals surface area contributed by atoms with Gasteiger partial charge in [-0.25, -0.2) is 0 Å². The van der Waals surface area contributed by atoms with E-state index in [9.17, 15) is 0 Å². The number of alkyl halides is 4. The third-order valence-electron chi connectivity index (χ3n) is 0.605. The lowest BCUT2D eigenvalue weighted by atomic mass is 10.4. The summed E-state index contributed by atoms with van der Waals surface area (Å²) in [5, 5.41) is 0.799. The van der Waals surface area contributed by atoms with Gasteiger partial charge >= 0.3 is 0 Å². The molecular weight excluding hydrogens is 246 g/mol. The minimum atomic E-state index is -1.14. The van der Waals surface area contributed by atoms with E-state index in [1.165, 1.54) is 0 Å². The van der Waals surface area contributed by atoms with Gasteiger partial charge in [-0.05, 0) is 0 Å². The highest BCUT2D eigenvalue weighted by Crippen LogP contribution is 2.30. The molecule has 0 bridgehead atoms. The average molecular weight is 252 g/mol. The molecule has 0 aromatic heterocycles. The van der Waals surface area contributed by atoms with E-state index in [1.807, 2.05) is 12.2 Å². The van der Waals surface area contributed by atoms with Gasteiger partial charge in [0, 0.05) is 11.8 Å². The Kier molecular flexibility index (Phi) is 5.42. The summed E-state index contributed by atoms with van der Waals surface area (Å²) < 4.78 is -1.14. The molecule has 0 aliphatic carbocycles. The van der Waals surface area contributed by atoms with E-state index in [0.717, 1.165) is 5.33 Å². The second-order valence-electron chi connectivity index (χ2n) is 1.45. The van der Waals surface area contributed by atoms with Crippen molar-refractivity contribution in [3.63, 3.8) is 0 Å². The largest absolute Gasteiger partial charge is 0.194 e. The second-order valence-corrected chi connectivity index (χ2v) is 4.61. The monoisotopic (exact) mass is 250 g/mol. The Morgan fingerprint density at radius 2 is 1.78 bits per heavy atom. The maximum absolute atomic E-state index is 5.43. The van der Waals surface area contributed by atoms with Gasteiger partial charge in [0.15, 0.2) is 3.79 Å². The molecule has 0 saturated carbocycles. The second kappa shape index (κ2) is 4.84. The van der Waals surface area contributed by atoms with Crippen LogP contribution in [0.1, 0.15) is 6.42 Å². The molecule has 0 atom stereocenters. The van der Waals surface area contributed by atoms with Crippen molar-refractivity contribution in [3.05, 3.63) is 12.2 Å². The van der Waals surface area contributed by atoms with Crippen molar-refractivity contribution >= 4 is 50.7 Å². The number of halogens is 4. The summed E-state index contributed by atoms with van der Waals surface area (Å²) in [4.78, 5) is 0. The molecule has 0 aromatic rings. The SMILES string of the molecule is ClC(Cl)(Cl)CC=CCBr. The maximum Gasteiger partial charge on any atom is 0.194 e. The van der Waals surface area contributed by atoms with Gasteiger partial charge in [-0.1, -0.05) is 62.9 Å². The van der Waals surface area contributed by atoms with Crippen LogP contribution in [0.2, 0.25) is 0 Å². The Labute approximate surface area is 78.3 Å². The molecular formula is C5H6BrCl3. The van der Waals surface area contributed by atoms with Gasteiger partial charge in [-0.3, -0.25) is 0 Å². The summed E-state index contributed by atoms with van der Waals surface area (Å²) in [6, 6.07) is 0. The van der Waals surface area contributed by atoms with Crippen LogP contribution in [0.4, 0.5) is 0 Å². The van der Waals surface area contributed by atoms with Crippen molar-refractivity contribution in [2.24, 2.45) is 0 Å². The van der Waals surface area contributed by atoms with E-state index in [4.69, 9.17) is 34.8 Å². The van der Waals surface area contributed by atoms with Crippen molar-refractivity contribution in [2.45, 2.75) is 10.2 Å². The molecule has 0 rings (SSSR count). The van der Waals surface area contributed by atoms with Crippen molar-refractivity contribution in [1.82, 2.24) is 0 Å². The first-order chi connectivity index (χ1) is 4.06. The lowest BCUT2D eigenvalue weighted by Crippen LogP contribution is -1.97. The van der Waals surface area contributed by atoms with Crippen LogP contribution in [0, 0.1) is 0 Å². The maximum atomic E-state index is 5.43. The van der Waals surface area contributed by atoms with Crippen molar-refractivity contribution in [1.29, 1.82) is 0 Å². The lowest BCUT2D eigenvalue weighted by Gasteiger charge is -2.04. The van der Waals surface area contributed by atoms with Gasteiger partial charge in [-0.15, -0.1) is 0 Å². The predicted molar refractivity (Wildman–Crippen MR) is 47.8 cm³/mol. The zero-order chi connectivity index (χ0) is 7.33. The first kappa shape index (κ1) is 10.1. The molecule has 0 heterocycles. The first-order valence-corrected chi connectivity index (χ1v) is 4.59. The van der Waals surface area contributed by atoms with Crippen LogP contribution < -0.4 is 0 Å². The van der Waals surface area contributed by atoms with E-state index in [1.54, 1.807) is 0 Å². The quantitative estimate of drug-likeness (QED) is 0.519. The molecule has 54 valence electrons. The summed E-state index contributed by atoms with van der Waals surface area (Å²) in [7, 11) is 0. The molecule has 0 nitrogen and oxygen atoms in total. The van der Waals surface area contributed by atoms with Crippen LogP contribution in [0.15, 0.2) is 12.2 Å². The van der Waals surface area contributed by atoms with Gasteiger partial charge in [0.05, 0.1) is 0 Å². The molecule has 0 unspecified atom stereocenters. The minimum Gasteiger partial charge on any atom is -0.0883 e. The topological polar surface area (TPSA) is 0 Å². The van der Waals surface area contributed by atoms with Crippen molar-refractivity contribution in [3.8, 4) is 0 Å². The zero-order valence-corrected chi connectivity index (χ0v) is 8.43. The summed E-state index contributed by atoms with van der Waals surface area (Å²) in [6.45, 7) is 0. The van der Waals surface area contributed by atoms with Gasteiger partial charge in [-0.2, -0.15) is 0 Å². The molecule has 0 aliphatic heterocycles. The Bertz CT molecular complexity index is 94.9. The van der Waals surface area contributed by atoms with Crippen LogP contribution >= 0.6 is 50.7 Å². The summed E-state index contributed by atoms with van der Waals surface area (Å²) >= 11 is 19.5. The fraction of sp³-hybridized carbons (Fsp3) is 0.600. The third kappa shape index (κ3) is 9.09. The Hall–Kier alpha value is 1.09. The van der Waals surface area contributed by atoms with Crippen LogP contribution in [0.3, 0.4) is 0 Å². The van der Waals surface area contributed by atoms with Crippen molar-refractivity contribution in [2.75, 3.05) is 5.33 Å².